The molecule has 1 atom stereocenters. The highest BCUT2D eigenvalue weighted by atomic mass is 16.5. The molecule has 3 heterocycles. The van der Waals surface area contributed by atoms with Gasteiger partial charge in [-0.1, -0.05) is 13.0 Å². The van der Waals surface area contributed by atoms with Gasteiger partial charge in [0.25, 0.3) is 0 Å². The first-order valence-electron chi connectivity index (χ1n) is 10.7. The van der Waals surface area contributed by atoms with Crippen LogP contribution in [0.25, 0.3) is 11.3 Å². The number of urea groups is 1. The number of rotatable bonds is 6. The molecule has 1 fully saturated rings. The van der Waals surface area contributed by atoms with E-state index in [1.165, 1.54) is 6.20 Å². The van der Waals surface area contributed by atoms with Crippen LogP contribution in [-0.4, -0.2) is 40.7 Å². The van der Waals surface area contributed by atoms with Gasteiger partial charge < -0.3 is 10.1 Å². The van der Waals surface area contributed by atoms with Crippen molar-refractivity contribution in [2.45, 2.75) is 27.2 Å². The molecule has 3 aromatic rings. The van der Waals surface area contributed by atoms with Crippen LogP contribution >= 0.6 is 0 Å². The lowest BCUT2D eigenvalue weighted by atomic mass is 9.91. The number of anilines is 2. The van der Waals surface area contributed by atoms with Gasteiger partial charge in [0.15, 0.2) is 5.82 Å². The molecule has 0 spiro atoms. The van der Waals surface area contributed by atoms with Crippen LogP contribution in [0, 0.1) is 19.3 Å². The predicted octanol–water partition coefficient (Wildman–Crippen LogP) is 4.18. The summed E-state index contributed by atoms with van der Waals surface area (Å²) >= 11 is 0. The van der Waals surface area contributed by atoms with Crippen molar-refractivity contribution >= 4 is 17.7 Å². The van der Waals surface area contributed by atoms with E-state index in [4.69, 9.17) is 4.74 Å². The summed E-state index contributed by atoms with van der Waals surface area (Å²) in [5.74, 6) is 1.69. The Labute approximate surface area is 187 Å². The summed E-state index contributed by atoms with van der Waals surface area (Å²) in [4.78, 5) is 25.2. The minimum absolute atomic E-state index is 0.172. The molecule has 4 rings (SSSR count). The third kappa shape index (κ3) is 5.39. The van der Waals surface area contributed by atoms with E-state index in [2.05, 4.69) is 37.8 Å². The maximum atomic E-state index is 12.3. The minimum Gasteiger partial charge on any atom is -0.493 e. The Kier molecular flexibility index (Phi) is 6.32. The minimum atomic E-state index is -0.428. The van der Waals surface area contributed by atoms with E-state index in [9.17, 15) is 4.79 Å². The van der Waals surface area contributed by atoms with Gasteiger partial charge in [-0.2, -0.15) is 0 Å². The SMILES string of the molecule is Cc1ccc(NC(=O)Nc2cncc(-c3ccc(OCC4(C)CCNC4)c(C)c3)n2)nc1. The van der Waals surface area contributed by atoms with E-state index in [0.29, 0.717) is 23.9 Å². The molecule has 0 bridgehead atoms. The van der Waals surface area contributed by atoms with E-state index in [-0.39, 0.29) is 5.41 Å². The normalized spacial score (nSPS) is 17.7. The molecule has 8 heteroatoms. The van der Waals surface area contributed by atoms with Gasteiger partial charge in [-0.05, 0) is 62.2 Å². The number of aromatic nitrogens is 3. The van der Waals surface area contributed by atoms with Crippen molar-refractivity contribution < 1.29 is 9.53 Å². The molecular formula is C24H28N6O2. The number of carbonyl (C=O) groups is 1. The number of carbonyl (C=O) groups excluding carboxylic acids is 1. The Hall–Kier alpha value is -3.52. The van der Waals surface area contributed by atoms with Crippen LogP contribution in [0.3, 0.4) is 0 Å². The van der Waals surface area contributed by atoms with Crippen molar-refractivity contribution in [1.82, 2.24) is 20.3 Å². The first-order chi connectivity index (χ1) is 15.4. The standard InChI is InChI=1S/C24H28N6O2/c1-16-4-7-21(27-11-16)29-23(31)30-22-13-26-12-19(28-22)18-5-6-20(17(2)10-18)32-15-24(3)8-9-25-14-24/h4-7,10-13,25H,8-9,14-15H2,1-3H3,(H2,27,28,29,30,31). The Morgan fingerprint density at radius 2 is 1.97 bits per heavy atom. The smallest absolute Gasteiger partial charge is 0.326 e. The summed E-state index contributed by atoms with van der Waals surface area (Å²) in [6.07, 6.45) is 5.99. The number of hydrogen-bond acceptors (Lipinski definition) is 6. The van der Waals surface area contributed by atoms with Crippen molar-refractivity contribution in [3.8, 4) is 17.0 Å². The Morgan fingerprint density at radius 1 is 1.12 bits per heavy atom. The zero-order valence-corrected chi connectivity index (χ0v) is 18.6. The molecule has 1 aliphatic rings. The highest BCUT2D eigenvalue weighted by molar-refractivity contribution is 5.98. The van der Waals surface area contributed by atoms with Gasteiger partial charge in [0, 0.05) is 23.7 Å². The lowest BCUT2D eigenvalue weighted by molar-refractivity contribution is 0.180. The fourth-order valence-electron chi connectivity index (χ4n) is 3.59. The van der Waals surface area contributed by atoms with Crippen LogP contribution in [0.5, 0.6) is 5.75 Å². The van der Waals surface area contributed by atoms with Gasteiger partial charge in [-0.15, -0.1) is 0 Å². The summed E-state index contributed by atoms with van der Waals surface area (Å²) in [7, 11) is 0. The van der Waals surface area contributed by atoms with E-state index in [1.807, 2.05) is 38.1 Å². The molecule has 3 N–H and O–H groups in total. The number of ether oxygens (including phenoxy) is 1. The fourth-order valence-corrected chi connectivity index (χ4v) is 3.59. The number of nitrogens with one attached hydrogen (secondary N) is 3. The third-order valence-corrected chi connectivity index (χ3v) is 5.53. The summed E-state index contributed by atoms with van der Waals surface area (Å²) in [5, 5.41) is 8.78. The summed E-state index contributed by atoms with van der Waals surface area (Å²) in [6.45, 7) is 8.91. The first kappa shape index (κ1) is 21.7. The van der Waals surface area contributed by atoms with Crippen LogP contribution in [0.2, 0.25) is 0 Å². The van der Waals surface area contributed by atoms with Crippen molar-refractivity contribution in [1.29, 1.82) is 0 Å². The molecule has 2 aromatic heterocycles. The summed E-state index contributed by atoms with van der Waals surface area (Å²) < 4.78 is 6.11. The molecule has 1 saturated heterocycles. The molecule has 1 aromatic carbocycles. The molecule has 0 saturated carbocycles. The Balaban J connectivity index is 1.41. The molecular weight excluding hydrogens is 404 g/mol. The molecule has 1 aliphatic heterocycles. The average Bonchev–Trinajstić information content (AvgIpc) is 3.21. The van der Waals surface area contributed by atoms with Crippen molar-refractivity contribution in [3.63, 3.8) is 0 Å². The van der Waals surface area contributed by atoms with Crippen molar-refractivity contribution in [2.75, 3.05) is 30.3 Å². The van der Waals surface area contributed by atoms with Crippen LogP contribution < -0.4 is 20.7 Å². The topological polar surface area (TPSA) is 101 Å². The van der Waals surface area contributed by atoms with Gasteiger partial charge >= 0.3 is 6.03 Å². The zero-order valence-electron chi connectivity index (χ0n) is 18.6. The number of pyridine rings is 1. The Bertz CT molecular complexity index is 1090. The average molecular weight is 433 g/mol. The summed E-state index contributed by atoms with van der Waals surface area (Å²) in [6, 6.07) is 9.14. The van der Waals surface area contributed by atoms with Gasteiger partial charge in [0.1, 0.15) is 11.6 Å². The second-order valence-electron chi connectivity index (χ2n) is 8.60. The van der Waals surface area contributed by atoms with Crippen molar-refractivity contribution in [3.05, 3.63) is 60.0 Å². The number of hydrogen-bond donors (Lipinski definition) is 3. The molecule has 8 nitrogen and oxygen atoms in total. The van der Waals surface area contributed by atoms with Gasteiger partial charge in [0.2, 0.25) is 0 Å². The van der Waals surface area contributed by atoms with Crippen LogP contribution in [-0.2, 0) is 0 Å². The fraction of sp³-hybridized carbons (Fsp3) is 0.333. The van der Waals surface area contributed by atoms with Crippen molar-refractivity contribution in [2.24, 2.45) is 5.41 Å². The highest BCUT2D eigenvalue weighted by Gasteiger charge is 2.29. The quantitative estimate of drug-likeness (QED) is 0.540. The second kappa shape index (κ2) is 9.32. The largest absolute Gasteiger partial charge is 0.493 e. The predicted molar refractivity (Wildman–Crippen MR) is 125 cm³/mol. The second-order valence-corrected chi connectivity index (χ2v) is 8.60. The van der Waals surface area contributed by atoms with E-state index in [0.717, 1.165) is 42.0 Å². The molecule has 1 unspecified atom stereocenters. The number of aryl methyl sites for hydroxylation is 2. The summed E-state index contributed by atoms with van der Waals surface area (Å²) in [5.41, 5.74) is 3.79. The lowest BCUT2D eigenvalue weighted by Crippen LogP contribution is -2.27. The lowest BCUT2D eigenvalue weighted by Gasteiger charge is -2.23. The molecule has 0 radical (unpaired) electrons. The third-order valence-electron chi connectivity index (χ3n) is 5.53. The van der Waals surface area contributed by atoms with Gasteiger partial charge in [-0.25, -0.2) is 14.8 Å². The first-order valence-corrected chi connectivity index (χ1v) is 10.7. The zero-order chi connectivity index (χ0) is 22.6. The molecule has 166 valence electrons. The van der Waals surface area contributed by atoms with Crippen LogP contribution in [0.15, 0.2) is 48.9 Å². The Morgan fingerprint density at radius 3 is 2.69 bits per heavy atom. The molecule has 0 aliphatic carbocycles. The van der Waals surface area contributed by atoms with Crippen LogP contribution in [0.4, 0.5) is 16.4 Å². The molecule has 32 heavy (non-hydrogen) atoms. The maximum absolute atomic E-state index is 12.3. The van der Waals surface area contributed by atoms with E-state index >= 15 is 0 Å². The van der Waals surface area contributed by atoms with Crippen LogP contribution in [0.1, 0.15) is 24.5 Å². The van der Waals surface area contributed by atoms with E-state index in [1.54, 1.807) is 18.5 Å². The van der Waals surface area contributed by atoms with E-state index < -0.39 is 6.03 Å². The highest BCUT2D eigenvalue weighted by Crippen LogP contribution is 2.29. The maximum Gasteiger partial charge on any atom is 0.326 e. The molecule has 2 amide bonds. The number of nitrogens with zero attached hydrogens (tertiary/aromatic N) is 3. The van der Waals surface area contributed by atoms with Gasteiger partial charge in [-0.3, -0.25) is 15.6 Å². The monoisotopic (exact) mass is 432 g/mol. The number of benzene rings is 1. The van der Waals surface area contributed by atoms with Gasteiger partial charge in [0.05, 0.1) is 24.7 Å². The number of amides is 2.